The zero-order valence-electron chi connectivity index (χ0n) is 12.4. The van der Waals surface area contributed by atoms with Crippen LogP contribution in [-0.2, 0) is 16.1 Å². The van der Waals surface area contributed by atoms with Crippen molar-refractivity contribution in [3.05, 3.63) is 35.9 Å². The predicted molar refractivity (Wildman–Crippen MR) is 84.6 cm³/mol. The van der Waals surface area contributed by atoms with Crippen LogP contribution in [0, 0.1) is 0 Å². The van der Waals surface area contributed by atoms with Crippen LogP contribution in [-0.4, -0.2) is 50.5 Å². The van der Waals surface area contributed by atoms with Gasteiger partial charge >= 0.3 is 0 Å². The van der Waals surface area contributed by atoms with Gasteiger partial charge in [0.15, 0.2) is 6.23 Å². The summed E-state index contributed by atoms with van der Waals surface area (Å²) in [5.41, 5.74) is 1.01. The van der Waals surface area contributed by atoms with Crippen LogP contribution in [0.25, 0.3) is 0 Å². The van der Waals surface area contributed by atoms with Gasteiger partial charge in [-0.25, -0.2) is 0 Å². The minimum absolute atomic E-state index is 0.113. The van der Waals surface area contributed by atoms with Crippen LogP contribution in [0.2, 0.25) is 0 Å². The summed E-state index contributed by atoms with van der Waals surface area (Å²) < 4.78 is 11.4. The van der Waals surface area contributed by atoms with Crippen molar-refractivity contribution < 1.29 is 9.47 Å². The Morgan fingerprint density at radius 2 is 2.10 bits per heavy atom. The van der Waals surface area contributed by atoms with Crippen LogP contribution in [0.4, 0.5) is 0 Å². The van der Waals surface area contributed by atoms with E-state index in [0.29, 0.717) is 6.61 Å². The monoisotopic (exact) mass is 297 g/mol. The highest BCUT2D eigenvalue weighted by molar-refractivity contribution is 7.99. The highest BCUT2D eigenvalue weighted by atomic mass is 32.2. The van der Waals surface area contributed by atoms with Crippen molar-refractivity contribution in [1.82, 2.24) is 10.3 Å². The summed E-state index contributed by atoms with van der Waals surface area (Å²) in [7, 11) is 5.35. The van der Waals surface area contributed by atoms with Crippen molar-refractivity contribution in [3.8, 4) is 0 Å². The summed E-state index contributed by atoms with van der Waals surface area (Å²) >= 11 is 1.59. The van der Waals surface area contributed by atoms with E-state index in [9.17, 15) is 0 Å². The number of nitrogens with zero attached hydrogens (tertiary/aromatic N) is 2. The summed E-state index contributed by atoms with van der Waals surface area (Å²) in [5, 5.41) is 8.87. The fourth-order valence-electron chi connectivity index (χ4n) is 1.66. The largest absolute Gasteiger partial charge is 0.378 e. The fraction of sp³-hybridized carbons (Fsp3) is 0.500. The van der Waals surface area contributed by atoms with Crippen LogP contribution in [0.5, 0.6) is 0 Å². The Labute approximate surface area is 125 Å². The van der Waals surface area contributed by atoms with Crippen LogP contribution >= 0.6 is 11.8 Å². The molecule has 20 heavy (non-hydrogen) atoms. The van der Waals surface area contributed by atoms with E-state index >= 15 is 0 Å². The number of rotatable bonds is 9. The quantitative estimate of drug-likeness (QED) is 0.327. The molecule has 112 valence electrons. The minimum atomic E-state index is -0.264. The Morgan fingerprint density at radius 3 is 2.65 bits per heavy atom. The zero-order valence-corrected chi connectivity index (χ0v) is 13.3. The Kier molecular flexibility index (Phi) is 8.10. The van der Waals surface area contributed by atoms with Gasteiger partial charge in [-0.05, 0) is 11.8 Å². The van der Waals surface area contributed by atoms with Gasteiger partial charge in [0.1, 0.15) is 11.8 Å². The number of nitrogens with one attached hydrogen (secondary N) is 1. The van der Waals surface area contributed by atoms with E-state index in [2.05, 4.69) is 10.4 Å². The summed E-state index contributed by atoms with van der Waals surface area (Å²) in [5.74, 6) is 0. The van der Waals surface area contributed by atoms with Gasteiger partial charge in [0.2, 0.25) is 0 Å². The second-order valence-corrected chi connectivity index (χ2v) is 5.07. The third-order valence-electron chi connectivity index (χ3n) is 2.70. The molecule has 0 aliphatic heterocycles. The number of hydrogen-bond donors (Lipinski definition) is 1. The Bertz CT molecular complexity index is 385. The van der Waals surface area contributed by atoms with Crippen LogP contribution in [0.15, 0.2) is 35.4 Å². The average Bonchev–Trinajstić information content (AvgIpc) is 2.50. The minimum Gasteiger partial charge on any atom is -0.378 e. The molecule has 1 aromatic carbocycles. The van der Waals surface area contributed by atoms with Crippen molar-refractivity contribution in [1.29, 1.82) is 0 Å². The van der Waals surface area contributed by atoms with E-state index < -0.39 is 0 Å². The maximum absolute atomic E-state index is 5.97. The number of ether oxygens (including phenoxy) is 2. The number of benzene rings is 1. The Balaban J connectivity index is 2.69. The lowest BCUT2D eigenvalue weighted by Gasteiger charge is -2.30. The summed E-state index contributed by atoms with van der Waals surface area (Å²) in [6.07, 6.45) is 3.34. The van der Waals surface area contributed by atoms with Crippen LogP contribution in [0.1, 0.15) is 5.56 Å². The first kappa shape index (κ1) is 16.8. The Hall–Kier alpha value is -1.24. The molecule has 0 saturated carbocycles. The molecule has 5 nitrogen and oxygen atoms in total. The molecule has 0 radical (unpaired) electrons. The molecule has 0 aliphatic carbocycles. The van der Waals surface area contributed by atoms with E-state index in [-0.39, 0.29) is 11.7 Å². The number of hydrogen-bond acceptors (Lipinski definition) is 5. The normalized spacial score (nSPS) is 14.2. The number of methoxy groups -OCH3 is 1. The molecule has 0 saturated heterocycles. The molecule has 0 spiro atoms. The van der Waals surface area contributed by atoms with Crippen LogP contribution < -0.4 is 5.32 Å². The summed E-state index contributed by atoms with van der Waals surface area (Å²) in [6, 6.07) is 10.1. The second kappa shape index (κ2) is 9.63. The number of hydrazone groups is 1. The first-order valence-corrected chi connectivity index (χ1v) is 7.65. The molecule has 0 heterocycles. The van der Waals surface area contributed by atoms with Gasteiger partial charge in [-0.15, -0.1) is 11.8 Å². The summed E-state index contributed by atoms with van der Waals surface area (Å²) in [6.45, 7) is 0.519. The topological polar surface area (TPSA) is 46.1 Å². The maximum Gasteiger partial charge on any atom is 0.181 e. The molecule has 6 heteroatoms. The molecule has 0 amide bonds. The average molecular weight is 297 g/mol. The van der Waals surface area contributed by atoms with Crippen LogP contribution in [0.3, 0.4) is 0 Å². The molecular weight excluding hydrogens is 274 g/mol. The molecule has 1 N–H and O–H groups in total. The third kappa shape index (κ3) is 5.40. The van der Waals surface area contributed by atoms with E-state index in [1.807, 2.05) is 43.6 Å². The predicted octanol–water partition coefficient (Wildman–Crippen LogP) is 1.96. The van der Waals surface area contributed by atoms with E-state index in [1.54, 1.807) is 37.3 Å². The van der Waals surface area contributed by atoms with Gasteiger partial charge in [0, 0.05) is 21.2 Å². The van der Waals surface area contributed by atoms with Crippen molar-refractivity contribution >= 4 is 18.1 Å². The van der Waals surface area contributed by atoms with Gasteiger partial charge < -0.3 is 14.8 Å². The first-order valence-electron chi connectivity index (χ1n) is 6.36. The molecular formula is C14H23N3O2S. The lowest BCUT2D eigenvalue weighted by atomic mass is 10.2. The van der Waals surface area contributed by atoms with E-state index in [4.69, 9.17) is 9.47 Å². The number of thioether (sulfide) groups is 1. The Morgan fingerprint density at radius 1 is 1.40 bits per heavy atom. The summed E-state index contributed by atoms with van der Waals surface area (Å²) in [4.78, 5) is 0. The van der Waals surface area contributed by atoms with Crippen molar-refractivity contribution in [2.45, 2.75) is 18.3 Å². The molecule has 0 aliphatic rings. The fourth-order valence-corrected chi connectivity index (χ4v) is 2.34. The van der Waals surface area contributed by atoms with E-state index in [0.717, 1.165) is 5.56 Å². The van der Waals surface area contributed by atoms with Crippen molar-refractivity contribution in [3.63, 3.8) is 0 Å². The van der Waals surface area contributed by atoms with Crippen molar-refractivity contribution in [2.75, 3.05) is 27.5 Å². The lowest BCUT2D eigenvalue weighted by molar-refractivity contribution is -0.105. The lowest BCUT2D eigenvalue weighted by Crippen LogP contribution is -2.40. The SMILES string of the molecule is CN/C=N\N(C)C(OCc1ccccc1)C(OC)SC. The molecule has 2 unspecified atom stereocenters. The molecule has 2 atom stereocenters. The molecule has 1 aromatic rings. The number of likely N-dealkylation sites (N-methyl/N-ethyl adjacent to an activating group) is 1. The molecule has 0 fully saturated rings. The first-order chi connectivity index (χ1) is 9.72. The molecule has 0 bridgehead atoms. The highest BCUT2D eigenvalue weighted by Crippen LogP contribution is 2.19. The molecule has 1 rings (SSSR count). The van der Waals surface area contributed by atoms with Gasteiger partial charge in [-0.2, -0.15) is 5.10 Å². The third-order valence-corrected chi connectivity index (χ3v) is 3.59. The standard InChI is InChI=1S/C14H23N3O2S/c1-15-11-16-17(2)13(14(18-3)20-4)19-10-12-8-6-5-7-9-12/h5-9,11,13-14H,10H2,1-4H3,(H,15,16). The zero-order chi connectivity index (χ0) is 14.8. The molecule has 0 aromatic heterocycles. The van der Waals surface area contributed by atoms with Gasteiger partial charge in [-0.3, -0.25) is 5.01 Å². The van der Waals surface area contributed by atoms with Gasteiger partial charge in [-0.1, -0.05) is 30.3 Å². The van der Waals surface area contributed by atoms with E-state index in [1.165, 1.54) is 0 Å². The smallest absolute Gasteiger partial charge is 0.181 e. The van der Waals surface area contributed by atoms with Gasteiger partial charge in [0.25, 0.3) is 0 Å². The maximum atomic E-state index is 5.97. The second-order valence-electron chi connectivity index (χ2n) is 4.13. The van der Waals surface area contributed by atoms with Crippen molar-refractivity contribution in [2.24, 2.45) is 5.10 Å². The highest BCUT2D eigenvalue weighted by Gasteiger charge is 2.25. The van der Waals surface area contributed by atoms with Gasteiger partial charge in [0.05, 0.1) is 6.61 Å².